The zero-order chi connectivity index (χ0) is 25.3. The largest absolute Gasteiger partial charge is 0.460 e. The maximum absolute atomic E-state index is 14.1. The van der Waals surface area contributed by atoms with Crippen LogP contribution < -0.4 is 5.32 Å². The molecule has 0 fully saturated rings. The molecule has 0 aliphatic carbocycles. The number of hydrogen-bond donors (Lipinski definition) is 1. The molecule has 0 saturated carbocycles. The first-order valence-corrected chi connectivity index (χ1v) is 12.7. The molecule has 0 bridgehead atoms. The Kier molecular flexibility index (Phi) is 6.41. The van der Waals surface area contributed by atoms with E-state index in [2.05, 4.69) is 15.3 Å². The van der Waals surface area contributed by atoms with Crippen LogP contribution in [0.25, 0.3) is 10.2 Å². The van der Waals surface area contributed by atoms with Crippen LogP contribution >= 0.6 is 11.3 Å². The van der Waals surface area contributed by atoms with Crippen LogP contribution in [0.4, 0.5) is 0 Å². The first-order valence-electron chi connectivity index (χ1n) is 11.8. The highest BCUT2D eigenvalue weighted by Crippen LogP contribution is 2.50. The van der Waals surface area contributed by atoms with Gasteiger partial charge in [-0.1, -0.05) is 36.4 Å². The van der Waals surface area contributed by atoms with E-state index in [1.807, 2.05) is 73.8 Å². The predicted molar refractivity (Wildman–Crippen MR) is 140 cm³/mol. The van der Waals surface area contributed by atoms with Crippen LogP contribution in [0.15, 0.2) is 89.8 Å². The lowest BCUT2D eigenvalue weighted by atomic mass is 9.64. The third-order valence-corrected chi connectivity index (χ3v) is 7.89. The van der Waals surface area contributed by atoms with Crippen LogP contribution in [0.3, 0.4) is 0 Å². The highest BCUT2D eigenvalue weighted by Gasteiger charge is 2.52. The molecule has 182 valence electrons. The van der Waals surface area contributed by atoms with Gasteiger partial charge in [-0.2, -0.15) is 0 Å². The molecule has 3 unspecified atom stereocenters. The van der Waals surface area contributed by atoms with Gasteiger partial charge in [0.25, 0.3) is 0 Å². The Hall–Kier alpha value is -3.84. The lowest BCUT2D eigenvalue weighted by Gasteiger charge is -2.47. The van der Waals surface area contributed by atoms with Gasteiger partial charge in [-0.05, 0) is 61.0 Å². The number of allylic oxidation sites excluding steroid dienone is 2. The topological polar surface area (TPSA) is 81.2 Å². The summed E-state index contributed by atoms with van der Waals surface area (Å²) in [6.45, 7) is 5.61. The molecule has 1 N–H and O–H groups in total. The van der Waals surface area contributed by atoms with Gasteiger partial charge in [-0.15, -0.1) is 11.3 Å². The molecule has 4 aromatic rings. The van der Waals surface area contributed by atoms with Gasteiger partial charge in [0.2, 0.25) is 0 Å². The van der Waals surface area contributed by atoms with Crippen LogP contribution in [-0.2, 0) is 26.5 Å². The fourth-order valence-electron chi connectivity index (χ4n) is 5.35. The van der Waals surface area contributed by atoms with Gasteiger partial charge in [-0.25, -0.2) is 4.98 Å². The summed E-state index contributed by atoms with van der Waals surface area (Å²) in [7, 11) is 0. The summed E-state index contributed by atoms with van der Waals surface area (Å²) >= 11 is 1.51. The van der Waals surface area contributed by atoms with Crippen LogP contribution in [-0.4, -0.2) is 21.7 Å². The number of nitrogens with one attached hydrogen (secondary N) is 1. The number of nitrogens with zero attached hydrogens (tertiary/aromatic N) is 2. The average molecular weight is 498 g/mol. The number of ether oxygens (including phenoxy) is 1. The number of fused-ring (bicyclic) bond motifs is 1. The molecule has 3 aromatic heterocycles. The van der Waals surface area contributed by atoms with E-state index in [9.17, 15) is 9.59 Å². The highest BCUT2D eigenvalue weighted by molar-refractivity contribution is 7.16. The molecule has 1 aliphatic rings. The zero-order valence-corrected chi connectivity index (χ0v) is 21.2. The fourth-order valence-corrected chi connectivity index (χ4v) is 6.30. The quantitative estimate of drug-likeness (QED) is 0.354. The van der Waals surface area contributed by atoms with Crippen molar-refractivity contribution in [3.8, 4) is 0 Å². The maximum Gasteiger partial charge on any atom is 0.312 e. The normalized spacial score (nSPS) is 21.8. The van der Waals surface area contributed by atoms with Gasteiger partial charge in [0, 0.05) is 41.2 Å². The van der Waals surface area contributed by atoms with Crippen molar-refractivity contribution in [1.82, 2.24) is 15.3 Å². The molecule has 6 nitrogen and oxygen atoms in total. The molecular formula is C29H27N3O3S. The van der Waals surface area contributed by atoms with Gasteiger partial charge in [0.05, 0.1) is 11.5 Å². The number of thiophene rings is 1. The van der Waals surface area contributed by atoms with E-state index in [1.165, 1.54) is 11.3 Å². The van der Waals surface area contributed by atoms with Crippen molar-refractivity contribution in [3.63, 3.8) is 0 Å². The Morgan fingerprint density at radius 2 is 1.81 bits per heavy atom. The zero-order valence-electron chi connectivity index (χ0n) is 20.4. The van der Waals surface area contributed by atoms with E-state index in [-0.39, 0.29) is 18.4 Å². The second kappa shape index (κ2) is 9.66. The summed E-state index contributed by atoms with van der Waals surface area (Å²) in [5, 5.41) is 6.49. The Morgan fingerprint density at radius 3 is 2.53 bits per heavy atom. The molecule has 1 aromatic carbocycles. The minimum atomic E-state index is -0.846. The molecule has 0 spiro atoms. The molecule has 3 atom stereocenters. The van der Waals surface area contributed by atoms with Crippen molar-refractivity contribution in [1.29, 1.82) is 0 Å². The molecule has 36 heavy (non-hydrogen) atoms. The number of benzene rings is 1. The Bertz CT molecular complexity index is 1450. The van der Waals surface area contributed by atoms with Crippen LogP contribution in [0, 0.1) is 5.92 Å². The summed E-state index contributed by atoms with van der Waals surface area (Å²) in [5.41, 5.74) is 3.20. The number of aromatic nitrogens is 2. The predicted octanol–water partition coefficient (Wildman–Crippen LogP) is 5.52. The van der Waals surface area contributed by atoms with Gasteiger partial charge >= 0.3 is 5.97 Å². The Morgan fingerprint density at radius 1 is 1.06 bits per heavy atom. The van der Waals surface area contributed by atoms with Crippen LogP contribution in [0.5, 0.6) is 0 Å². The van der Waals surface area contributed by atoms with Gasteiger partial charge in [0.15, 0.2) is 5.78 Å². The van der Waals surface area contributed by atoms with E-state index in [1.54, 1.807) is 25.5 Å². The number of pyridine rings is 2. The number of esters is 1. The third-order valence-electron chi connectivity index (χ3n) is 6.97. The first kappa shape index (κ1) is 23.9. The SMILES string of the molecule is CC(=O)C1=C(C)NC(C)(c2ccncc2)C(C(=O)OCc2ccccc2)C1c1csc2ncccc12. The maximum atomic E-state index is 14.1. The molecule has 7 heteroatoms. The van der Waals surface area contributed by atoms with E-state index in [0.29, 0.717) is 5.57 Å². The summed E-state index contributed by atoms with van der Waals surface area (Å²) < 4.78 is 5.95. The number of rotatable bonds is 6. The van der Waals surface area contributed by atoms with Crippen molar-refractivity contribution in [2.24, 2.45) is 5.92 Å². The van der Waals surface area contributed by atoms with Crippen molar-refractivity contribution < 1.29 is 14.3 Å². The molecule has 0 radical (unpaired) electrons. The molecule has 5 rings (SSSR count). The molecule has 1 aliphatic heterocycles. The Labute approximate surface area is 214 Å². The lowest BCUT2D eigenvalue weighted by molar-refractivity contribution is -0.154. The van der Waals surface area contributed by atoms with Crippen LogP contribution in [0.1, 0.15) is 43.4 Å². The number of carbonyl (C=O) groups excluding carboxylic acids is 2. The number of carbonyl (C=O) groups is 2. The summed E-state index contributed by atoms with van der Waals surface area (Å²) in [5.74, 6) is -1.68. The minimum Gasteiger partial charge on any atom is -0.460 e. The molecule has 4 heterocycles. The summed E-state index contributed by atoms with van der Waals surface area (Å²) in [6, 6.07) is 17.3. The van der Waals surface area contributed by atoms with E-state index in [4.69, 9.17) is 4.74 Å². The van der Waals surface area contributed by atoms with E-state index >= 15 is 0 Å². The van der Waals surface area contributed by atoms with Gasteiger partial charge in [-0.3, -0.25) is 14.6 Å². The van der Waals surface area contributed by atoms with Crippen molar-refractivity contribution in [3.05, 3.63) is 107 Å². The molecule has 0 amide bonds. The van der Waals surface area contributed by atoms with Gasteiger partial charge in [0.1, 0.15) is 11.4 Å². The second-order valence-electron chi connectivity index (χ2n) is 9.25. The number of ketones is 1. The number of hydrogen-bond acceptors (Lipinski definition) is 7. The average Bonchev–Trinajstić information content (AvgIpc) is 3.32. The third kappa shape index (κ3) is 4.20. The van der Waals surface area contributed by atoms with Crippen LogP contribution in [0.2, 0.25) is 0 Å². The molecule has 0 saturated heterocycles. The van der Waals surface area contributed by atoms with Crippen molar-refractivity contribution >= 4 is 33.3 Å². The van der Waals surface area contributed by atoms with Crippen molar-refractivity contribution in [2.45, 2.75) is 38.8 Å². The number of Topliss-reactive ketones (excluding diaryl/α,β-unsaturated/α-hetero) is 1. The van der Waals surface area contributed by atoms with Crippen molar-refractivity contribution in [2.75, 3.05) is 0 Å². The molecular weight excluding hydrogens is 470 g/mol. The second-order valence-corrected chi connectivity index (χ2v) is 10.1. The summed E-state index contributed by atoms with van der Waals surface area (Å²) in [4.78, 5) is 36.7. The van der Waals surface area contributed by atoms with E-state index in [0.717, 1.165) is 32.6 Å². The van der Waals surface area contributed by atoms with Gasteiger partial charge < -0.3 is 10.1 Å². The monoisotopic (exact) mass is 497 g/mol. The Balaban J connectivity index is 1.69. The van der Waals surface area contributed by atoms with E-state index < -0.39 is 17.4 Å². The fraction of sp³-hybridized carbons (Fsp3) is 0.241. The standard InChI is InChI=1S/C29H27N3O3S/c1-18-24(19(2)33)25(23-17-36-27-22(23)10-7-13-31-27)26(28(34)35-16-20-8-5-4-6-9-20)29(3,32-18)21-11-14-30-15-12-21/h4-15,17,25-26,32H,16H2,1-3H3. The smallest absolute Gasteiger partial charge is 0.312 e. The highest BCUT2D eigenvalue weighted by atomic mass is 32.1. The first-order chi connectivity index (χ1) is 17.4. The minimum absolute atomic E-state index is 0.0779. The summed E-state index contributed by atoms with van der Waals surface area (Å²) in [6.07, 6.45) is 5.19. The lowest BCUT2D eigenvalue weighted by Crippen LogP contribution is -2.55.